The fourth-order valence-corrected chi connectivity index (χ4v) is 4.71. The van der Waals surface area contributed by atoms with E-state index in [0.717, 1.165) is 57.8 Å². The van der Waals surface area contributed by atoms with Crippen molar-refractivity contribution in [3.8, 4) is 0 Å². The maximum Gasteiger partial charge on any atom is 0.305 e. The lowest BCUT2D eigenvalue weighted by atomic mass is 9.73. The molecule has 6 nitrogen and oxygen atoms in total. The van der Waals surface area contributed by atoms with Crippen LogP contribution in [0, 0.1) is 11.8 Å². The Balaban J connectivity index is 1.61. The first-order valence-corrected chi connectivity index (χ1v) is 10.4. The molecule has 1 saturated carbocycles. The molecule has 5 N–H and O–H groups in total. The van der Waals surface area contributed by atoms with Crippen LogP contribution in [0.4, 0.5) is 0 Å². The minimum atomic E-state index is -0.950. The summed E-state index contributed by atoms with van der Waals surface area (Å²) in [5.74, 6) is -0.0853. The molecule has 1 saturated heterocycles. The summed E-state index contributed by atoms with van der Waals surface area (Å²) in [7, 11) is 0. The predicted molar refractivity (Wildman–Crippen MR) is 99.8 cm³/mol. The Morgan fingerprint density at radius 2 is 1.85 bits per heavy atom. The number of carboxylic acid groups (broad SMARTS) is 1. The van der Waals surface area contributed by atoms with Gasteiger partial charge in [0.1, 0.15) is 0 Å². The molecule has 0 spiro atoms. The van der Waals surface area contributed by atoms with Crippen LogP contribution in [-0.4, -0.2) is 56.8 Å². The van der Waals surface area contributed by atoms with E-state index in [2.05, 4.69) is 5.32 Å². The van der Waals surface area contributed by atoms with Gasteiger partial charge in [0.2, 0.25) is 0 Å². The van der Waals surface area contributed by atoms with Gasteiger partial charge in [0, 0.05) is 12.1 Å². The van der Waals surface area contributed by atoms with E-state index >= 15 is 0 Å². The number of carboxylic acids is 1. The van der Waals surface area contributed by atoms with Gasteiger partial charge in [-0.2, -0.15) is 0 Å². The lowest BCUT2D eigenvalue weighted by Crippen LogP contribution is -2.53. The van der Waals surface area contributed by atoms with Crippen LogP contribution in [0.3, 0.4) is 0 Å². The molecule has 2 aliphatic rings. The summed E-state index contributed by atoms with van der Waals surface area (Å²) in [6.07, 6.45) is 7.88. The quantitative estimate of drug-likeness (QED) is 0.397. The second-order valence-corrected chi connectivity index (χ2v) is 8.50. The molecule has 0 bridgehead atoms. The number of aliphatic carboxylic acids is 1. The standard InChI is InChI=1S/C20H37NO5/c1-13-18(23)10-9-17(21-13)15-8-7-14(19(24)11-15)5-3-2-4-6-16(22)12-20(25)26/h13-19,21-24H,2-12H2,1H3,(H,25,26). The van der Waals surface area contributed by atoms with Gasteiger partial charge < -0.3 is 25.7 Å². The minimum absolute atomic E-state index is 0.139. The van der Waals surface area contributed by atoms with Crippen molar-refractivity contribution in [3.63, 3.8) is 0 Å². The molecule has 0 amide bonds. The van der Waals surface area contributed by atoms with E-state index in [1.165, 1.54) is 0 Å². The molecule has 7 atom stereocenters. The van der Waals surface area contributed by atoms with Crippen molar-refractivity contribution < 1.29 is 25.2 Å². The minimum Gasteiger partial charge on any atom is -0.481 e. The molecule has 1 heterocycles. The molecule has 2 fully saturated rings. The maximum atomic E-state index is 10.5. The van der Waals surface area contributed by atoms with Crippen LogP contribution in [0.2, 0.25) is 0 Å². The number of piperidine rings is 1. The molecule has 6 heteroatoms. The lowest BCUT2D eigenvalue weighted by molar-refractivity contribution is -0.139. The number of rotatable bonds is 9. The third-order valence-corrected chi connectivity index (χ3v) is 6.42. The Labute approximate surface area is 157 Å². The number of aliphatic hydroxyl groups excluding tert-OH is 3. The molecule has 0 aromatic rings. The van der Waals surface area contributed by atoms with Gasteiger partial charge in [0.05, 0.1) is 24.7 Å². The number of aliphatic hydroxyl groups is 3. The van der Waals surface area contributed by atoms with E-state index in [0.29, 0.717) is 24.3 Å². The molecule has 0 aromatic heterocycles. The SMILES string of the molecule is CC1NC(C2CCC(CCCCCC(O)CC(=O)O)C(O)C2)CCC1O. The van der Waals surface area contributed by atoms with Crippen molar-refractivity contribution in [1.82, 2.24) is 5.32 Å². The third-order valence-electron chi connectivity index (χ3n) is 6.42. The first-order valence-electron chi connectivity index (χ1n) is 10.4. The van der Waals surface area contributed by atoms with Crippen LogP contribution in [0.25, 0.3) is 0 Å². The molecular weight excluding hydrogens is 334 g/mol. The van der Waals surface area contributed by atoms with E-state index in [1.807, 2.05) is 6.92 Å². The fourth-order valence-electron chi connectivity index (χ4n) is 4.71. The largest absolute Gasteiger partial charge is 0.481 e. The van der Waals surface area contributed by atoms with Crippen LogP contribution in [0.15, 0.2) is 0 Å². The van der Waals surface area contributed by atoms with Crippen molar-refractivity contribution in [2.45, 2.75) is 108 Å². The Bertz CT molecular complexity index is 432. The number of hydrogen-bond donors (Lipinski definition) is 5. The monoisotopic (exact) mass is 371 g/mol. The first-order chi connectivity index (χ1) is 12.4. The average Bonchev–Trinajstić information content (AvgIpc) is 2.57. The number of unbranched alkanes of at least 4 members (excludes halogenated alkanes) is 2. The first kappa shape index (κ1) is 21.6. The highest BCUT2D eigenvalue weighted by Gasteiger charge is 2.36. The Hall–Kier alpha value is -0.690. The van der Waals surface area contributed by atoms with E-state index in [4.69, 9.17) is 5.11 Å². The predicted octanol–water partition coefficient (Wildman–Crippen LogP) is 2.05. The molecule has 26 heavy (non-hydrogen) atoms. The zero-order valence-corrected chi connectivity index (χ0v) is 16.0. The molecule has 0 aromatic carbocycles. The van der Waals surface area contributed by atoms with Crippen LogP contribution in [0.5, 0.6) is 0 Å². The molecule has 1 aliphatic carbocycles. The summed E-state index contributed by atoms with van der Waals surface area (Å²) in [5.41, 5.74) is 0. The Morgan fingerprint density at radius 3 is 2.50 bits per heavy atom. The summed E-state index contributed by atoms with van der Waals surface area (Å²) >= 11 is 0. The van der Waals surface area contributed by atoms with Crippen molar-refractivity contribution in [3.05, 3.63) is 0 Å². The van der Waals surface area contributed by atoms with Crippen molar-refractivity contribution in [2.24, 2.45) is 11.8 Å². The van der Waals surface area contributed by atoms with Crippen LogP contribution in [-0.2, 0) is 4.79 Å². The van der Waals surface area contributed by atoms with Gasteiger partial charge in [-0.3, -0.25) is 4.79 Å². The van der Waals surface area contributed by atoms with Gasteiger partial charge in [-0.15, -0.1) is 0 Å². The van der Waals surface area contributed by atoms with E-state index in [9.17, 15) is 20.1 Å². The fraction of sp³-hybridized carbons (Fsp3) is 0.950. The van der Waals surface area contributed by atoms with Gasteiger partial charge in [-0.1, -0.05) is 19.3 Å². The summed E-state index contributed by atoms with van der Waals surface area (Å²) in [5, 5.41) is 42.1. The lowest BCUT2D eigenvalue weighted by Gasteiger charge is -2.42. The summed E-state index contributed by atoms with van der Waals surface area (Å²) < 4.78 is 0. The summed E-state index contributed by atoms with van der Waals surface area (Å²) in [6, 6.07) is 0.555. The van der Waals surface area contributed by atoms with Gasteiger partial charge >= 0.3 is 5.97 Å². The Morgan fingerprint density at radius 1 is 1.08 bits per heavy atom. The van der Waals surface area contributed by atoms with E-state index in [-0.39, 0.29) is 24.7 Å². The van der Waals surface area contributed by atoms with Gasteiger partial charge in [-0.25, -0.2) is 0 Å². The van der Waals surface area contributed by atoms with Crippen LogP contribution >= 0.6 is 0 Å². The summed E-state index contributed by atoms with van der Waals surface area (Å²) in [6.45, 7) is 2.03. The summed E-state index contributed by atoms with van der Waals surface area (Å²) in [4.78, 5) is 10.5. The average molecular weight is 372 g/mol. The normalized spacial score (nSPS) is 36.6. The molecule has 0 radical (unpaired) electrons. The van der Waals surface area contributed by atoms with Gasteiger partial charge in [0.15, 0.2) is 0 Å². The highest BCUT2D eigenvalue weighted by molar-refractivity contribution is 5.67. The van der Waals surface area contributed by atoms with Crippen LogP contribution in [0.1, 0.15) is 77.6 Å². The molecule has 2 rings (SSSR count). The smallest absolute Gasteiger partial charge is 0.305 e. The molecule has 7 unspecified atom stereocenters. The highest BCUT2D eigenvalue weighted by Crippen LogP contribution is 2.36. The molecular formula is C20H37NO5. The molecule has 152 valence electrons. The zero-order chi connectivity index (χ0) is 19.1. The van der Waals surface area contributed by atoms with Gasteiger partial charge in [-0.05, 0) is 63.7 Å². The van der Waals surface area contributed by atoms with E-state index in [1.54, 1.807) is 0 Å². The van der Waals surface area contributed by atoms with Crippen molar-refractivity contribution >= 4 is 5.97 Å². The Kier molecular flexibility index (Phi) is 8.80. The van der Waals surface area contributed by atoms with Crippen molar-refractivity contribution in [1.29, 1.82) is 0 Å². The van der Waals surface area contributed by atoms with Gasteiger partial charge in [0.25, 0.3) is 0 Å². The van der Waals surface area contributed by atoms with Crippen LogP contribution < -0.4 is 5.32 Å². The number of carbonyl (C=O) groups is 1. The third kappa shape index (κ3) is 6.80. The highest BCUT2D eigenvalue weighted by atomic mass is 16.4. The second kappa shape index (κ2) is 10.6. The van der Waals surface area contributed by atoms with E-state index < -0.39 is 12.1 Å². The maximum absolute atomic E-state index is 10.5. The van der Waals surface area contributed by atoms with Crippen molar-refractivity contribution in [2.75, 3.05) is 0 Å². The zero-order valence-electron chi connectivity index (χ0n) is 16.0. The number of hydrogen-bond acceptors (Lipinski definition) is 5. The second-order valence-electron chi connectivity index (χ2n) is 8.50. The number of nitrogens with one attached hydrogen (secondary N) is 1. The molecule has 1 aliphatic heterocycles. The topological polar surface area (TPSA) is 110 Å².